The minimum Gasteiger partial charge on any atom is -0.331 e. The van der Waals surface area contributed by atoms with Crippen LogP contribution in [0.4, 0.5) is 0 Å². The Morgan fingerprint density at radius 3 is 1.91 bits per heavy atom. The van der Waals surface area contributed by atoms with E-state index in [2.05, 4.69) is 20.8 Å². The topological polar surface area (TPSA) is 27.7 Å². The number of unbranched alkanes of at least 4 members (excludes halogenated alkanes) is 6. The highest BCUT2D eigenvalue weighted by molar-refractivity contribution is 4.72. The molecule has 0 radical (unpaired) electrons. The molecule has 0 spiro atoms. The van der Waals surface area contributed by atoms with Gasteiger partial charge in [0.15, 0.2) is 0 Å². The summed E-state index contributed by atoms with van der Waals surface area (Å²) in [4.78, 5) is 0. The molecule has 0 aromatic rings. The SMILES string of the molecule is CCCCCCCCC(CCC)C(OC)(OCC)OCCCC. The van der Waals surface area contributed by atoms with Crippen LogP contribution in [0.25, 0.3) is 0 Å². The van der Waals surface area contributed by atoms with Crippen LogP contribution in [0.5, 0.6) is 0 Å². The summed E-state index contributed by atoms with van der Waals surface area (Å²) < 4.78 is 17.9. The van der Waals surface area contributed by atoms with Crippen LogP contribution < -0.4 is 0 Å². The monoisotopic (exact) mass is 330 g/mol. The summed E-state index contributed by atoms with van der Waals surface area (Å²) in [5.74, 6) is -0.524. The van der Waals surface area contributed by atoms with Gasteiger partial charge >= 0.3 is 0 Å². The lowest BCUT2D eigenvalue weighted by Crippen LogP contribution is -2.46. The normalized spacial score (nSPS) is 15.5. The van der Waals surface area contributed by atoms with Crippen LogP contribution in [-0.2, 0) is 14.2 Å². The lowest BCUT2D eigenvalue weighted by atomic mass is 9.93. The Hall–Kier alpha value is -0.120. The number of rotatable bonds is 17. The molecule has 2 unspecified atom stereocenters. The van der Waals surface area contributed by atoms with Crippen LogP contribution in [0.15, 0.2) is 0 Å². The molecule has 0 fully saturated rings. The van der Waals surface area contributed by atoms with Gasteiger partial charge in [0, 0.05) is 19.6 Å². The minimum absolute atomic E-state index is 0.320. The van der Waals surface area contributed by atoms with E-state index in [-0.39, 0.29) is 0 Å². The van der Waals surface area contributed by atoms with E-state index < -0.39 is 5.97 Å². The highest BCUT2D eigenvalue weighted by atomic mass is 16.9. The van der Waals surface area contributed by atoms with Crippen LogP contribution in [0.1, 0.15) is 98.3 Å². The summed E-state index contributed by atoms with van der Waals surface area (Å²) in [6.45, 7) is 10.0. The largest absolute Gasteiger partial charge is 0.331 e. The molecule has 0 saturated heterocycles. The van der Waals surface area contributed by atoms with Crippen LogP contribution in [0.3, 0.4) is 0 Å². The van der Waals surface area contributed by atoms with Crippen molar-refractivity contribution in [3.05, 3.63) is 0 Å². The lowest BCUT2D eigenvalue weighted by molar-refractivity contribution is -0.397. The molecule has 0 aromatic carbocycles. The Balaban J connectivity index is 4.57. The van der Waals surface area contributed by atoms with Gasteiger partial charge < -0.3 is 14.2 Å². The van der Waals surface area contributed by atoms with Crippen molar-refractivity contribution in [3.8, 4) is 0 Å². The van der Waals surface area contributed by atoms with Gasteiger partial charge in [-0.3, -0.25) is 0 Å². The van der Waals surface area contributed by atoms with Crippen molar-refractivity contribution in [1.82, 2.24) is 0 Å². The van der Waals surface area contributed by atoms with Crippen molar-refractivity contribution in [3.63, 3.8) is 0 Å². The molecule has 2 atom stereocenters. The predicted molar refractivity (Wildman–Crippen MR) is 98.6 cm³/mol. The fraction of sp³-hybridized carbons (Fsp3) is 1.00. The molecule has 3 nitrogen and oxygen atoms in total. The first-order chi connectivity index (χ1) is 11.2. The molecule has 0 aliphatic carbocycles. The van der Waals surface area contributed by atoms with Crippen LogP contribution in [0, 0.1) is 5.92 Å². The third-order valence-electron chi connectivity index (χ3n) is 4.47. The Morgan fingerprint density at radius 1 is 0.696 bits per heavy atom. The first-order valence-electron chi connectivity index (χ1n) is 10.0. The van der Waals surface area contributed by atoms with Gasteiger partial charge in [0.05, 0.1) is 6.61 Å². The molecule has 0 N–H and O–H groups in total. The quantitative estimate of drug-likeness (QED) is 0.231. The van der Waals surface area contributed by atoms with Crippen molar-refractivity contribution >= 4 is 0 Å². The lowest BCUT2D eigenvalue weighted by Gasteiger charge is -2.38. The summed E-state index contributed by atoms with van der Waals surface area (Å²) in [6, 6.07) is 0. The van der Waals surface area contributed by atoms with Gasteiger partial charge in [0.2, 0.25) is 0 Å². The Kier molecular flexibility index (Phi) is 15.3. The minimum atomic E-state index is -0.844. The zero-order chi connectivity index (χ0) is 17.4. The van der Waals surface area contributed by atoms with Crippen LogP contribution in [0.2, 0.25) is 0 Å². The van der Waals surface area contributed by atoms with E-state index in [9.17, 15) is 0 Å². The number of methoxy groups -OCH3 is 1. The Morgan fingerprint density at radius 2 is 1.35 bits per heavy atom. The second kappa shape index (κ2) is 15.4. The zero-order valence-electron chi connectivity index (χ0n) is 16.5. The van der Waals surface area contributed by atoms with Crippen molar-refractivity contribution in [2.45, 2.75) is 104 Å². The second-order valence-electron chi connectivity index (χ2n) is 6.48. The van der Waals surface area contributed by atoms with Gasteiger partial charge in [-0.1, -0.05) is 72.1 Å². The highest BCUT2D eigenvalue weighted by Gasteiger charge is 2.40. The van der Waals surface area contributed by atoms with Crippen molar-refractivity contribution in [2.24, 2.45) is 5.92 Å². The van der Waals surface area contributed by atoms with E-state index in [1.165, 1.54) is 38.5 Å². The van der Waals surface area contributed by atoms with Crippen molar-refractivity contribution < 1.29 is 14.2 Å². The fourth-order valence-electron chi connectivity index (χ4n) is 3.14. The van der Waals surface area contributed by atoms with Gasteiger partial charge in [-0.2, -0.15) is 0 Å². The van der Waals surface area contributed by atoms with Gasteiger partial charge in [-0.05, 0) is 26.2 Å². The molecule has 0 bridgehead atoms. The van der Waals surface area contributed by atoms with E-state index >= 15 is 0 Å². The molecule has 3 heteroatoms. The average Bonchev–Trinajstić information content (AvgIpc) is 2.56. The molecule has 0 heterocycles. The number of ether oxygens (including phenoxy) is 3. The molecule has 140 valence electrons. The van der Waals surface area contributed by atoms with Gasteiger partial charge in [-0.15, -0.1) is 0 Å². The summed E-state index contributed by atoms with van der Waals surface area (Å²) in [5, 5.41) is 0. The van der Waals surface area contributed by atoms with E-state index in [1.807, 2.05) is 6.92 Å². The van der Waals surface area contributed by atoms with E-state index in [1.54, 1.807) is 7.11 Å². The van der Waals surface area contributed by atoms with Gasteiger partial charge in [0.1, 0.15) is 0 Å². The zero-order valence-corrected chi connectivity index (χ0v) is 16.5. The third kappa shape index (κ3) is 9.69. The number of hydrogen-bond acceptors (Lipinski definition) is 3. The van der Waals surface area contributed by atoms with Crippen molar-refractivity contribution in [1.29, 1.82) is 0 Å². The molecule has 0 aromatic heterocycles. The van der Waals surface area contributed by atoms with Crippen molar-refractivity contribution in [2.75, 3.05) is 20.3 Å². The molecule has 23 heavy (non-hydrogen) atoms. The maximum Gasteiger partial charge on any atom is 0.285 e. The maximum atomic E-state index is 6.13. The molecule has 0 amide bonds. The van der Waals surface area contributed by atoms with Crippen LogP contribution in [-0.4, -0.2) is 26.3 Å². The molecule has 0 saturated carbocycles. The van der Waals surface area contributed by atoms with Gasteiger partial charge in [-0.25, -0.2) is 0 Å². The van der Waals surface area contributed by atoms with E-state index in [0.717, 1.165) is 32.1 Å². The molecular weight excluding hydrogens is 288 g/mol. The smallest absolute Gasteiger partial charge is 0.285 e. The average molecular weight is 331 g/mol. The standard InChI is InChI=1S/C20H42O3/c1-6-10-12-13-14-15-17-19(16-8-3)20(21-5,22-9-4)23-18-11-7-2/h19H,6-18H2,1-5H3. The van der Waals surface area contributed by atoms with E-state index in [4.69, 9.17) is 14.2 Å². The second-order valence-corrected chi connectivity index (χ2v) is 6.48. The maximum absolute atomic E-state index is 6.13. The van der Waals surface area contributed by atoms with E-state index in [0.29, 0.717) is 19.1 Å². The summed E-state index contributed by atoms with van der Waals surface area (Å²) in [5.41, 5.74) is 0. The molecule has 0 aliphatic heterocycles. The molecule has 0 aliphatic rings. The molecular formula is C20H42O3. The Labute approximate surface area is 145 Å². The summed E-state index contributed by atoms with van der Waals surface area (Å²) in [6.07, 6.45) is 13.5. The van der Waals surface area contributed by atoms with Gasteiger partial charge in [0.25, 0.3) is 5.97 Å². The Bertz CT molecular complexity index is 245. The summed E-state index contributed by atoms with van der Waals surface area (Å²) >= 11 is 0. The first-order valence-corrected chi connectivity index (χ1v) is 10.0. The van der Waals surface area contributed by atoms with Crippen LogP contribution >= 0.6 is 0 Å². The summed E-state index contributed by atoms with van der Waals surface area (Å²) in [7, 11) is 1.73. The first kappa shape index (κ1) is 22.9. The third-order valence-corrected chi connectivity index (χ3v) is 4.47. The number of hydrogen-bond donors (Lipinski definition) is 0. The highest BCUT2D eigenvalue weighted by Crippen LogP contribution is 2.33. The fourth-order valence-corrected chi connectivity index (χ4v) is 3.14. The predicted octanol–water partition coefficient (Wildman–Crippen LogP) is 6.31. The molecule has 0 rings (SSSR count).